The number of rotatable bonds is 7. The van der Waals surface area contributed by atoms with Gasteiger partial charge in [0, 0.05) is 31.4 Å². The van der Waals surface area contributed by atoms with E-state index < -0.39 is 12.8 Å². The summed E-state index contributed by atoms with van der Waals surface area (Å²) in [7, 11) is 0. The molecule has 0 fully saturated rings. The number of alkyl halides is 3. The Morgan fingerprint density at radius 1 is 1.05 bits per heavy atom. The van der Waals surface area contributed by atoms with Gasteiger partial charge in [-0.05, 0) is 29.8 Å². The lowest BCUT2D eigenvalue weighted by Crippen LogP contribution is -2.19. The molecule has 22 heavy (non-hydrogen) atoms. The van der Waals surface area contributed by atoms with Crippen molar-refractivity contribution in [1.82, 2.24) is 10.3 Å². The average Bonchev–Trinajstić information content (AvgIpc) is 2.51. The van der Waals surface area contributed by atoms with Gasteiger partial charge >= 0.3 is 6.18 Å². The molecule has 0 aliphatic carbocycles. The van der Waals surface area contributed by atoms with Crippen molar-refractivity contribution in [3.8, 4) is 5.75 Å². The van der Waals surface area contributed by atoms with Gasteiger partial charge in [0.05, 0.1) is 0 Å². The van der Waals surface area contributed by atoms with Crippen LogP contribution in [0.15, 0.2) is 48.7 Å². The van der Waals surface area contributed by atoms with Crippen LogP contribution in [0.1, 0.15) is 11.3 Å². The van der Waals surface area contributed by atoms with Gasteiger partial charge in [0.15, 0.2) is 6.61 Å². The molecule has 0 aliphatic heterocycles. The van der Waals surface area contributed by atoms with Crippen molar-refractivity contribution in [2.45, 2.75) is 19.1 Å². The third-order valence-electron chi connectivity index (χ3n) is 2.94. The molecule has 2 rings (SSSR count). The highest BCUT2D eigenvalue weighted by Gasteiger charge is 2.28. The van der Waals surface area contributed by atoms with Gasteiger partial charge in [-0.2, -0.15) is 13.2 Å². The fraction of sp³-hybridized carbons (Fsp3) is 0.312. The van der Waals surface area contributed by atoms with E-state index in [0.717, 1.165) is 24.2 Å². The van der Waals surface area contributed by atoms with Crippen LogP contribution in [0.25, 0.3) is 0 Å². The molecule has 0 spiro atoms. The summed E-state index contributed by atoms with van der Waals surface area (Å²) >= 11 is 0. The Labute approximate surface area is 127 Å². The van der Waals surface area contributed by atoms with Gasteiger partial charge < -0.3 is 10.1 Å². The highest BCUT2D eigenvalue weighted by atomic mass is 19.4. The molecular weight excluding hydrogens is 293 g/mol. The molecule has 0 aliphatic rings. The quantitative estimate of drug-likeness (QED) is 0.796. The molecule has 1 aromatic carbocycles. The molecule has 0 radical (unpaired) electrons. The molecule has 0 atom stereocenters. The first-order chi connectivity index (χ1) is 10.5. The maximum atomic E-state index is 12.0. The molecule has 1 aromatic heterocycles. The molecule has 6 heteroatoms. The van der Waals surface area contributed by atoms with E-state index in [4.69, 9.17) is 0 Å². The lowest BCUT2D eigenvalue weighted by atomic mass is 10.2. The minimum Gasteiger partial charge on any atom is -0.484 e. The van der Waals surface area contributed by atoms with E-state index in [9.17, 15) is 13.2 Å². The number of halogens is 3. The van der Waals surface area contributed by atoms with Crippen LogP contribution in [0.4, 0.5) is 13.2 Å². The first-order valence-electron chi connectivity index (χ1n) is 6.92. The minimum absolute atomic E-state index is 0.217. The van der Waals surface area contributed by atoms with E-state index in [2.05, 4.69) is 15.0 Å². The van der Waals surface area contributed by atoms with E-state index in [1.807, 2.05) is 18.2 Å². The normalized spacial score (nSPS) is 11.4. The summed E-state index contributed by atoms with van der Waals surface area (Å²) < 4.78 is 40.7. The highest BCUT2D eigenvalue weighted by molar-refractivity contribution is 5.27. The highest BCUT2D eigenvalue weighted by Crippen LogP contribution is 2.18. The standard InChI is InChI=1S/C16H17F3N2O/c17-16(18,19)12-22-15-6-4-13(5-7-15)11-20-10-8-14-3-1-2-9-21-14/h1-7,9,20H,8,10-12H2. The second kappa shape index (κ2) is 7.79. The smallest absolute Gasteiger partial charge is 0.422 e. The number of benzene rings is 1. The van der Waals surface area contributed by atoms with Crippen molar-refractivity contribution in [3.05, 3.63) is 59.9 Å². The number of ether oxygens (including phenoxy) is 1. The molecule has 0 amide bonds. The molecule has 0 bridgehead atoms. The van der Waals surface area contributed by atoms with Crippen molar-refractivity contribution >= 4 is 0 Å². The fourth-order valence-electron chi connectivity index (χ4n) is 1.86. The SMILES string of the molecule is FC(F)(F)COc1ccc(CNCCc2ccccn2)cc1. The maximum absolute atomic E-state index is 12.0. The zero-order valence-corrected chi connectivity index (χ0v) is 11.9. The third kappa shape index (κ3) is 6.13. The fourth-order valence-corrected chi connectivity index (χ4v) is 1.86. The summed E-state index contributed by atoms with van der Waals surface area (Å²) in [5.74, 6) is 0.217. The minimum atomic E-state index is -4.31. The van der Waals surface area contributed by atoms with Crippen LogP contribution in [0.5, 0.6) is 5.75 Å². The Morgan fingerprint density at radius 2 is 1.82 bits per heavy atom. The summed E-state index contributed by atoms with van der Waals surface area (Å²) in [6.45, 7) is 0.157. The van der Waals surface area contributed by atoms with Crippen molar-refractivity contribution in [3.63, 3.8) is 0 Å². The van der Waals surface area contributed by atoms with Crippen LogP contribution in [0.2, 0.25) is 0 Å². The Hall–Kier alpha value is -2.08. The topological polar surface area (TPSA) is 34.1 Å². The maximum Gasteiger partial charge on any atom is 0.422 e. The van der Waals surface area contributed by atoms with E-state index in [0.29, 0.717) is 6.54 Å². The van der Waals surface area contributed by atoms with Crippen LogP contribution in [0, 0.1) is 0 Å². The molecule has 0 saturated carbocycles. The molecule has 3 nitrogen and oxygen atoms in total. The predicted molar refractivity (Wildman–Crippen MR) is 77.6 cm³/mol. The van der Waals surface area contributed by atoms with Gasteiger partial charge in [-0.15, -0.1) is 0 Å². The number of nitrogens with zero attached hydrogens (tertiary/aromatic N) is 1. The third-order valence-corrected chi connectivity index (χ3v) is 2.94. The second-order valence-electron chi connectivity index (χ2n) is 4.80. The largest absolute Gasteiger partial charge is 0.484 e. The van der Waals surface area contributed by atoms with Crippen LogP contribution in [-0.4, -0.2) is 24.3 Å². The van der Waals surface area contributed by atoms with Gasteiger partial charge in [0.25, 0.3) is 0 Å². The monoisotopic (exact) mass is 310 g/mol. The van der Waals surface area contributed by atoms with Crippen LogP contribution in [-0.2, 0) is 13.0 Å². The Balaban J connectivity index is 1.70. The average molecular weight is 310 g/mol. The first-order valence-corrected chi connectivity index (χ1v) is 6.92. The molecular formula is C16H17F3N2O. The van der Waals surface area contributed by atoms with Crippen molar-refractivity contribution in [2.75, 3.05) is 13.2 Å². The Morgan fingerprint density at radius 3 is 2.45 bits per heavy atom. The predicted octanol–water partition coefficient (Wildman–Crippen LogP) is 3.36. The van der Waals surface area contributed by atoms with Gasteiger partial charge in [-0.3, -0.25) is 4.98 Å². The molecule has 1 N–H and O–H groups in total. The van der Waals surface area contributed by atoms with Crippen LogP contribution >= 0.6 is 0 Å². The molecule has 0 unspecified atom stereocenters. The van der Waals surface area contributed by atoms with Crippen LogP contribution in [0.3, 0.4) is 0 Å². The summed E-state index contributed by atoms with van der Waals surface area (Å²) in [5, 5.41) is 3.27. The summed E-state index contributed by atoms with van der Waals surface area (Å²) in [6, 6.07) is 12.4. The number of hydrogen-bond donors (Lipinski definition) is 1. The summed E-state index contributed by atoms with van der Waals surface area (Å²) in [4.78, 5) is 4.23. The number of hydrogen-bond acceptors (Lipinski definition) is 3. The Kier molecular flexibility index (Phi) is 5.77. The van der Waals surface area contributed by atoms with Gasteiger partial charge in [-0.1, -0.05) is 18.2 Å². The second-order valence-corrected chi connectivity index (χ2v) is 4.80. The van der Waals surface area contributed by atoms with E-state index in [1.54, 1.807) is 30.5 Å². The van der Waals surface area contributed by atoms with Crippen molar-refractivity contribution in [1.29, 1.82) is 0 Å². The number of pyridine rings is 1. The molecule has 0 saturated heterocycles. The van der Waals surface area contributed by atoms with Gasteiger partial charge in [0.2, 0.25) is 0 Å². The zero-order chi connectivity index (χ0) is 15.8. The molecule has 1 heterocycles. The van der Waals surface area contributed by atoms with Crippen molar-refractivity contribution < 1.29 is 17.9 Å². The lowest BCUT2D eigenvalue weighted by Gasteiger charge is -2.10. The van der Waals surface area contributed by atoms with Gasteiger partial charge in [0.1, 0.15) is 5.75 Å². The zero-order valence-electron chi connectivity index (χ0n) is 11.9. The summed E-state index contributed by atoms with van der Waals surface area (Å²) in [5.41, 5.74) is 2.01. The van der Waals surface area contributed by atoms with Crippen LogP contribution < -0.4 is 10.1 Å². The number of aromatic nitrogens is 1. The summed E-state index contributed by atoms with van der Waals surface area (Å²) in [6.07, 6.45) is -1.73. The van der Waals surface area contributed by atoms with E-state index in [1.165, 1.54) is 0 Å². The van der Waals surface area contributed by atoms with Gasteiger partial charge in [-0.25, -0.2) is 0 Å². The molecule has 118 valence electrons. The van der Waals surface area contributed by atoms with Crippen molar-refractivity contribution in [2.24, 2.45) is 0 Å². The van der Waals surface area contributed by atoms with E-state index in [-0.39, 0.29) is 5.75 Å². The molecule has 2 aromatic rings. The Bertz CT molecular complexity index is 556. The number of nitrogens with one attached hydrogen (secondary N) is 1. The first kappa shape index (κ1) is 16.3. The van der Waals surface area contributed by atoms with E-state index >= 15 is 0 Å². The lowest BCUT2D eigenvalue weighted by molar-refractivity contribution is -0.153.